The van der Waals surface area contributed by atoms with Crippen LogP contribution in [0.1, 0.15) is 36.6 Å². The van der Waals surface area contributed by atoms with Crippen molar-refractivity contribution in [1.82, 2.24) is 20.5 Å². The third-order valence-corrected chi connectivity index (χ3v) is 8.48. The monoisotopic (exact) mass is 576 g/mol. The van der Waals surface area contributed by atoms with E-state index in [4.69, 9.17) is 23.9 Å². The summed E-state index contributed by atoms with van der Waals surface area (Å²) in [5.74, 6) is -0.129. The molecule has 3 amide bonds. The van der Waals surface area contributed by atoms with Crippen LogP contribution in [0.5, 0.6) is 11.5 Å². The van der Waals surface area contributed by atoms with Crippen molar-refractivity contribution in [3.05, 3.63) is 45.7 Å². The zero-order valence-corrected chi connectivity index (χ0v) is 22.8. The highest BCUT2D eigenvalue weighted by molar-refractivity contribution is 6.12. The lowest BCUT2D eigenvalue weighted by Crippen LogP contribution is -2.52. The first-order chi connectivity index (χ1) is 20.4. The largest absolute Gasteiger partial charge is 0.458 e. The van der Waals surface area contributed by atoms with Crippen molar-refractivity contribution in [2.24, 2.45) is 0 Å². The molecule has 1 aromatic heterocycles. The number of ether oxygens (including phenoxy) is 4. The molecule has 1 aromatic carbocycles. The van der Waals surface area contributed by atoms with E-state index >= 15 is 0 Å². The second kappa shape index (κ2) is 9.81. The van der Waals surface area contributed by atoms with Gasteiger partial charge in [0.05, 0.1) is 29.4 Å². The number of nitrogens with one attached hydrogen (secondary N) is 2. The van der Waals surface area contributed by atoms with Gasteiger partial charge < -0.3 is 39.6 Å². The number of carbonyl (C=O) groups excluding carboxylic acids is 4. The number of fused-ring (bicyclic) bond motifs is 5. The number of aryl methyl sites for hydroxylation is 1. The number of nitrogens with zero attached hydrogens (tertiary/aromatic N) is 2. The summed E-state index contributed by atoms with van der Waals surface area (Å²) in [6, 6.07) is 3.42. The molecule has 1 aliphatic carbocycles. The summed E-state index contributed by atoms with van der Waals surface area (Å²) >= 11 is 0. The van der Waals surface area contributed by atoms with Gasteiger partial charge in [-0.2, -0.15) is 0 Å². The molecule has 0 saturated carbocycles. The quantitative estimate of drug-likeness (QED) is 0.154. The van der Waals surface area contributed by atoms with E-state index in [2.05, 4.69) is 10.6 Å². The number of carbonyl (C=O) groups is 4. The first kappa shape index (κ1) is 26.4. The van der Waals surface area contributed by atoms with Crippen molar-refractivity contribution in [3.8, 4) is 11.5 Å². The molecular formula is C29H28N4O9. The van der Waals surface area contributed by atoms with E-state index in [-0.39, 0.29) is 51.0 Å². The van der Waals surface area contributed by atoms with Crippen molar-refractivity contribution in [2.45, 2.75) is 44.4 Å². The van der Waals surface area contributed by atoms with E-state index in [0.717, 1.165) is 33.4 Å². The SMILES string of the molecule is CC[C@@]1(O)C(=O)OCC2=C1C1=C3c4nc5cc6c(cc5c(CCCOCNC(=O)CNC=O)c4CN(C2=O)C13)OCO6. The van der Waals surface area contributed by atoms with Gasteiger partial charge in [-0.3, -0.25) is 14.4 Å². The summed E-state index contributed by atoms with van der Waals surface area (Å²) in [6.45, 7) is 2.18. The lowest BCUT2D eigenvalue weighted by atomic mass is 9.81. The fourth-order valence-corrected chi connectivity index (χ4v) is 6.42. The molecule has 5 aliphatic rings. The van der Waals surface area contributed by atoms with Crippen molar-refractivity contribution >= 4 is 40.7 Å². The van der Waals surface area contributed by atoms with Gasteiger partial charge in [-0.25, -0.2) is 9.78 Å². The molecule has 0 bridgehead atoms. The van der Waals surface area contributed by atoms with Gasteiger partial charge in [0, 0.05) is 41.3 Å². The summed E-state index contributed by atoms with van der Waals surface area (Å²) in [5.41, 5.74) is 3.80. The van der Waals surface area contributed by atoms with E-state index < -0.39 is 11.6 Å². The fourth-order valence-electron chi connectivity index (χ4n) is 6.42. The Morgan fingerprint density at radius 3 is 2.83 bits per heavy atom. The predicted molar refractivity (Wildman–Crippen MR) is 144 cm³/mol. The van der Waals surface area contributed by atoms with Gasteiger partial charge in [-0.15, -0.1) is 0 Å². The minimum Gasteiger partial charge on any atom is -0.458 e. The van der Waals surface area contributed by atoms with Crippen molar-refractivity contribution < 1.29 is 43.2 Å². The molecule has 5 heterocycles. The van der Waals surface area contributed by atoms with E-state index in [1.807, 2.05) is 12.1 Å². The lowest BCUT2D eigenvalue weighted by Gasteiger charge is -2.39. The van der Waals surface area contributed by atoms with Crippen LogP contribution in [0.15, 0.2) is 28.9 Å². The Morgan fingerprint density at radius 2 is 2.05 bits per heavy atom. The maximum Gasteiger partial charge on any atom is 0.343 e. The van der Waals surface area contributed by atoms with Crippen LogP contribution >= 0.6 is 0 Å². The molecule has 0 spiro atoms. The summed E-state index contributed by atoms with van der Waals surface area (Å²) < 4.78 is 22.1. The van der Waals surface area contributed by atoms with Crippen LogP contribution in [-0.4, -0.2) is 84.1 Å². The molecule has 218 valence electrons. The minimum atomic E-state index is -1.88. The second-order valence-corrected chi connectivity index (χ2v) is 10.7. The second-order valence-electron chi connectivity index (χ2n) is 10.7. The highest BCUT2D eigenvalue weighted by atomic mass is 16.7. The normalized spacial score (nSPS) is 22.9. The van der Waals surface area contributed by atoms with Crippen LogP contribution in [0.4, 0.5) is 0 Å². The fraction of sp³-hybridized carbons (Fsp3) is 0.414. The lowest BCUT2D eigenvalue weighted by molar-refractivity contribution is -0.164. The molecule has 2 aromatic rings. The summed E-state index contributed by atoms with van der Waals surface area (Å²) in [4.78, 5) is 55.2. The van der Waals surface area contributed by atoms with Crippen LogP contribution in [-0.2, 0) is 41.6 Å². The van der Waals surface area contributed by atoms with Crippen LogP contribution < -0.4 is 20.1 Å². The molecule has 13 nitrogen and oxygen atoms in total. The zero-order chi connectivity index (χ0) is 29.2. The van der Waals surface area contributed by atoms with E-state index in [0.29, 0.717) is 60.6 Å². The number of hydrogen-bond donors (Lipinski definition) is 3. The standard InChI is InChI=1S/C29H28N4O9/c1-2-29(38)24-17(10-40-28(29)37)27(36)33-9-16-14(4-3-5-39-12-31-21(35)8-30-11-34)15-6-19-20(42-13-41-19)7-18(15)32-25(16)23-22(24)26(23)33/h6-7,11,26,38H,2-5,8-10,12-13H2,1H3,(H,30,34)(H,31,35)/t26?,29-/m0/s1. The van der Waals surface area contributed by atoms with Gasteiger partial charge in [0.15, 0.2) is 17.1 Å². The Kier molecular flexibility index (Phi) is 6.17. The predicted octanol–water partition coefficient (Wildman–Crippen LogP) is 0.219. The maximum absolute atomic E-state index is 13.7. The average molecular weight is 577 g/mol. The number of rotatable bonds is 10. The topological polar surface area (TPSA) is 166 Å². The molecule has 4 aliphatic heterocycles. The molecule has 3 N–H and O–H groups in total. The van der Waals surface area contributed by atoms with Crippen LogP contribution in [0, 0.1) is 0 Å². The Bertz CT molecular complexity index is 1650. The van der Waals surface area contributed by atoms with E-state index in [1.54, 1.807) is 11.8 Å². The molecule has 2 atom stereocenters. The summed E-state index contributed by atoms with van der Waals surface area (Å²) in [5, 5.41) is 17.1. The number of amides is 3. The average Bonchev–Trinajstić information content (AvgIpc) is 3.56. The third-order valence-electron chi connectivity index (χ3n) is 8.48. The molecule has 1 unspecified atom stereocenters. The minimum absolute atomic E-state index is 0.00577. The molecule has 13 heteroatoms. The molecule has 0 radical (unpaired) electrons. The number of benzene rings is 1. The Labute approximate surface area is 239 Å². The molecule has 0 fully saturated rings. The molecular weight excluding hydrogens is 548 g/mol. The van der Waals surface area contributed by atoms with Gasteiger partial charge in [0.25, 0.3) is 5.91 Å². The number of cyclic esters (lactones) is 1. The molecule has 0 saturated heterocycles. The number of aromatic nitrogens is 1. The van der Waals surface area contributed by atoms with E-state index in [1.165, 1.54) is 0 Å². The van der Waals surface area contributed by atoms with Crippen molar-refractivity contribution in [1.29, 1.82) is 0 Å². The maximum atomic E-state index is 13.7. The van der Waals surface area contributed by atoms with Gasteiger partial charge in [0.1, 0.15) is 13.3 Å². The number of aliphatic hydroxyl groups is 1. The number of pyridine rings is 1. The van der Waals surface area contributed by atoms with Crippen molar-refractivity contribution in [3.63, 3.8) is 0 Å². The molecule has 42 heavy (non-hydrogen) atoms. The summed E-state index contributed by atoms with van der Waals surface area (Å²) in [6.07, 6.45) is 1.74. The first-order valence-corrected chi connectivity index (χ1v) is 13.8. The van der Waals surface area contributed by atoms with Crippen molar-refractivity contribution in [2.75, 3.05) is 33.3 Å². The first-order valence-electron chi connectivity index (χ1n) is 13.8. The van der Waals surface area contributed by atoms with Gasteiger partial charge in [0.2, 0.25) is 19.1 Å². The van der Waals surface area contributed by atoms with E-state index in [9.17, 15) is 24.3 Å². The van der Waals surface area contributed by atoms with Crippen LogP contribution in [0.3, 0.4) is 0 Å². The third kappa shape index (κ3) is 3.87. The Balaban J connectivity index is 1.24. The highest BCUT2D eigenvalue weighted by Crippen LogP contribution is 2.59. The van der Waals surface area contributed by atoms with Gasteiger partial charge in [-0.05, 0) is 36.5 Å². The summed E-state index contributed by atoms with van der Waals surface area (Å²) in [7, 11) is 0. The van der Waals surface area contributed by atoms with Crippen LogP contribution in [0.25, 0.3) is 16.5 Å². The Hall–Kier alpha value is -4.49. The van der Waals surface area contributed by atoms with Gasteiger partial charge >= 0.3 is 5.97 Å². The van der Waals surface area contributed by atoms with Gasteiger partial charge in [-0.1, -0.05) is 6.92 Å². The smallest absolute Gasteiger partial charge is 0.343 e. The highest BCUT2D eigenvalue weighted by Gasteiger charge is 2.62. The van der Waals surface area contributed by atoms with Crippen LogP contribution in [0.2, 0.25) is 0 Å². The number of esters is 1. The molecule has 7 rings (SSSR count). The number of hydrogen-bond acceptors (Lipinski definition) is 10. The zero-order valence-electron chi connectivity index (χ0n) is 22.8. The Morgan fingerprint density at radius 1 is 1.24 bits per heavy atom.